The highest BCUT2D eigenvalue weighted by Gasteiger charge is 2.33. The number of carbonyl (C=O) groups is 1. The monoisotopic (exact) mass is 397 g/mol. The van der Waals surface area contributed by atoms with Gasteiger partial charge in [0.15, 0.2) is 5.65 Å². The Morgan fingerprint density at radius 1 is 1.03 bits per heavy atom. The van der Waals surface area contributed by atoms with Gasteiger partial charge >= 0.3 is 0 Å². The summed E-state index contributed by atoms with van der Waals surface area (Å²) >= 11 is 0. The molecule has 2 atom stereocenters. The van der Waals surface area contributed by atoms with Crippen molar-refractivity contribution in [3.8, 4) is 0 Å². The number of rotatable bonds is 5. The Morgan fingerprint density at radius 2 is 1.80 bits per heavy atom. The van der Waals surface area contributed by atoms with Gasteiger partial charge in [0.2, 0.25) is 12.4 Å². The van der Waals surface area contributed by atoms with Crippen LogP contribution in [-0.2, 0) is 4.79 Å². The van der Waals surface area contributed by atoms with Crippen LogP contribution >= 0.6 is 0 Å². The zero-order valence-corrected chi connectivity index (χ0v) is 16.5. The summed E-state index contributed by atoms with van der Waals surface area (Å²) in [6, 6.07) is 22.3. The number of para-hydroxylation sites is 1. The van der Waals surface area contributed by atoms with Crippen molar-refractivity contribution in [2.24, 2.45) is 0 Å². The first-order valence-electron chi connectivity index (χ1n) is 10.3. The number of piperidine rings is 1. The normalized spacial score (nSPS) is 19.0. The molecule has 150 valence electrons. The van der Waals surface area contributed by atoms with E-state index in [9.17, 15) is 4.79 Å². The molecule has 2 N–H and O–H groups in total. The maximum absolute atomic E-state index is 11.9. The van der Waals surface area contributed by atoms with Crippen LogP contribution in [0.1, 0.15) is 35.9 Å². The van der Waals surface area contributed by atoms with Crippen LogP contribution in [0.4, 0.5) is 11.6 Å². The summed E-state index contributed by atoms with van der Waals surface area (Å²) in [5.41, 5.74) is 4.74. The van der Waals surface area contributed by atoms with E-state index in [0.29, 0.717) is 5.95 Å². The van der Waals surface area contributed by atoms with Gasteiger partial charge < -0.3 is 15.2 Å². The van der Waals surface area contributed by atoms with Gasteiger partial charge in [-0.25, -0.2) is 9.97 Å². The van der Waals surface area contributed by atoms with Crippen molar-refractivity contribution < 1.29 is 4.79 Å². The Kier molecular flexibility index (Phi) is 4.89. The molecule has 0 saturated carbocycles. The summed E-state index contributed by atoms with van der Waals surface area (Å²) in [5.74, 6) is 0.890. The van der Waals surface area contributed by atoms with E-state index in [4.69, 9.17) is 0 Å². The minimum absolute atomic E-state index is 0.0437. The van der Waals surface area contributed by atoms with Crippen molar-refractivity contribution in [1.82, 2.24) is 19.9 Å². The van der Waals surface area contributed by atoms with Crippen LogP contribution in [0, 0.1) is 0 Å². The van der Waals surface area contributed by atoms with Gasteiger partial charge in [0.05, 0.1) is 6.04 Å². The fraction of sp³-hybridized carbons (Fsp3) is 0.208. The third-order valence-electron chi connectivity index (χ3n) is 5.77. The lowest BCUT2D eigenvalue weighted by molar-refractivity contribution is -0.122. The Balaban J connectivity index is 1.50. The second-order valence-corrected chi connectivity index (χ2v) is 7.66. The Hall–Kier alpha value is -3.67. The van der Waals surface area contributed by atoms with Crippen LogP contribution in [0.3, 0.4) is 0 Å². The molecular weight excluding hydrogens is 374 g/mol. The van der Waals surface area contributed by atoms with Crippen LogP contribution in [0.5, 0.6) is 0 Å². The third-order valence-corrected chi connectivity index (χ3v) is 5.77. The van der Waals surface area contributed by atoms with Crippen molar-refractivity contribution in [3.63, 3.8) is 0 Å². The zero-order valence-electron chi connectivity index (χ0n) is 16.5. The van der Waals surface area contributed by atoms with Crippen LogP contribution in [0.25, 0.3) is 11.2 Å². The lowest BCUT2D eigenvalue weighted by Gasteiger charge is -2.39. The third kappa shape index (κ3) is 3.52. The molecule has 4 aromatic rings. The van der Waals surface area contributed by atoms with E-state index in [1.807, 2.05) is 47.5 Å². The van der Waals surface area contributed by atoms with Crippen molar-refractivity contribution in [2.75, 3.05) is 11.9 Å². The van der Waals surface area contributed by atoms with Crippen LogP contribution in [0.15, 0.2) is 72.9 Å². The number of hydrogen-bond acceptors (Lipinski definition) is 4. The predicted octanol–water partition coefficient (Wildman–Crippen LogP) is 4.78. The lowest BCUT2D eigenvalue weighted by Crippen LogP contribution is -2.37. The summed E-state index contributed by atoms with van der Waals surface area (Å²) in [7, 11) is 0. The van der Waals surface area contributed by atoms with Crippen LogP contribution < -0.4 is 5.32 Å². The van der Waals surface area contributed by atoms with Gasteiger partial charge in [-0.3, -0.25) is 4.79 Å². The molecule has 1 aliphatic rings. The molecule has 2 aromatic carbocycles. The number of H-pyrrole nitrogens is 1. The number of nitrogens with one attached hydrogen (secondary N) is 2. The van der Waals surface area contributed by atoms with E-state index in [0.717, 1.165) is 48.2 Å². The van der Waals surface area contributed by atoms with Crippen molar-refractivity contribution in [3.05, 3.63) is 84.1 Å². The van der Waals surface area contributed by atoms with Crippen LogP contribution in [-0.4, -0.2) is 32.8 Å². The van der Waals surface area contributed by atoms with Gasteiger partial charge in [-0.2, -0.15) is 0 Å². The summed E-state index contributed by atoms with van der Waals surface area (Å²) in [4.78, 5) is 26.3. The Bertz CT molecular complexity index is 1140. The smallest absolute Gasteiger partial charge is 0.210 e. The van der Waals surface area contributed by atoms with Gasteiger partial charge in [-0.1, -0.05) is 48.5 Å². The maximum Gasteiger partial charge on any atom is 0.210 e. The highest BCUT2D eigenvalue weighted by molar-refractivity contribution is 5.75. The molecule has 0 radical (unpaired) electrons. The van der Waals surface area contributed by atoms with E-state index < -0.39 is 0 Å². The topological polar surface area (TPSA) is 73.9 Å². The number of aromatic nitrogens is 3. The second-order valence-electron chi connectivity index (χ2n) is 7.66. The first kappa shape index (κ1) is 18.4. The Morgan fingerprint density at radius 3 is 2.57 bits per heavy atom. The number of anilines is 2. The number of nitrogens with zero attached hydrogens (tertiary/aromatic N) is 3. The zero-order chi connectivity index (χ0) is 20.3. The molecule has 2 unspecified atom stereocenters. The molecular formula is C24H23N5O. The summed E-state index contributed by atoms with van der Waals surface area (Å²) < 4.78 is 0. The second kappa shape index (κ2) is 7.99. The number of hydrogen-bond donors (Lipinski definition) is 2. The molecule has 2 aromatic heterocycles. The fourth-order valence-corrected chi connectivity index (χ4v) is 4.40. The molecule has 6 nitrogen and oxygen atoms in total. The molecule has 3 heterocycles. The van der Waals surface area contributed by atoms with Gasteiger partial charge in [0.1, 0.15) is 5.52 Å². The molecule has 5 rings (SSSR count). The SMILES string of the molecule is O=CN1CCCC(c2ccccc2)C1c1cnc2[nH]c(Nc3ccccc3)nc2c1. The standard InChI is InChI=1S/C24H23N5O/c30-16-29-13-7-12-20(17-8-3-1-4-9-17)22(29)18-14-21-23(25-15-18)28-24(27-21)26-19-10-5-2-6-11-19/h1-6,8-11,14-16,20,22H,7,12-13H2,(H2,25,26,27,28). The molecule has 6 heteroatoms. The van der Waals surface area contributed by atoms with E-state index >= 15 is 0 Å². The fourth-order valence-electron chi connectivity index (χ4n) is 4.40. The van der Waals surface area contributed by atoms with Gasteiger partial charge in [-0.05, 0) is 42.2 Å². The molecule has 1 aliphatic heterocycles. The minimum atomic E-state index is -0.0437. The molecule has 1 fully saturated rings. The number of imidazole rings is 1. The minimum Gasteiger partial charge on any atom is -0.338 e. The molecule has 0 spiro atoms. The molecule has 1 amide bonds. The number of pyridine rings is 1. The van der Waals surface area contributed by atoms with E-state index in [1.54, 1.807) is 0 Å². The predicted molar refractivity (Wildman–Crippen MR) is 118 cm³/mol. The number of likely N-dealkylation sites (tertiary alicyclic amines) is 1. The summed E-state index contributed by atoms with van der Waals surface area (Å²) in [6.45, 7) is 0.761. The van der Waals surface area contributed by atoms with Gasteiger partial charge in [0, 0.05) is 24.3 Å². The van der Waals surface area contributed by atoms with Crippen molar-refractivity contribution in [2.45, 2.75) is 24.8 Å². The van der Waals surface area contributed by atoms with Crippen molar-refractivity contribution >= 4 is 29.2 Å². The number of fused-ring (bicyclic) bond motifs is 1. The van der Waals surface area contributed by atoms with Crippen molar-refractivity contribution in [1.29, 1.82) is 0 Å². The maximum atomic E-state index is 11.9. The molecule has 0 aliphatic carbocycles. The lowest BCUT2D eigenvalue weighted by atomic mass is 9.81. The summed E-state index contributed by atoms with van der Waals surface area (Å²) in [5, 5.41) is 3.27. The average Bonchev–Trinajstić information content (AvgIpc) is 3.21. The largest absolute Gasteiger partial charge is 0.338 e. The number of amides is 1. The van der Waals surface area contributed by atoms with E-state index in [-0.39, 0.29) is 12.0 Å². The number of carbonyl (C=O) groups excluding carboxylic acids is 1. The van der Waals surface area contributed by atoms with Gasteiger partial charge in [-0.15, -0.1) is 0 Å². The summed E-state index contributed by atoms with van der Waals surface area (Å²) in [6.07, 6.45) is 4.88. The number of aromatic amines is 1. The highest BCUT2D eigenvalue weighted by Crippen LogP contribution is 2.42. The number of benzene rings is 2. The van der Waals surface area contributed by atoms with Gasteiger partial charge in [0.25, 0.3) is 0 Å². The molecule has 1 saturated heterocycles. The average molecular weight is 397 g/mol. The first-order chi connectivity index (χ1) is 14.8. The quantitative estimate of drug-likeness (QED) is 0.475. The molecule has 30 heavy (non-hydrogen) atoms. The van der Waals surface area contributed by atoms with E-state index in [2.05, 4.69) is 50.6 Å². The Labute approximate surface area is 175 Å². The molecule has 0 bridgehead atoms. The first-order valence-corrected chi connectivity index (χ1v) is 10.3. The van der Waals surface area contributed by atoms with Crippen LogP contribution in [0.2, 0.25) is 0 Å². The highest BCUT2D eigenvalue weighted by atomic mass is 16.1. The van der Waals surface area contributed by atoms with E-state index in [1.165, 1.54) is 5.56 Å².